The smallest absolute Gasteiger partial charge is 0.318 e. The molecule has 3 aromatic rings. The number of benzene rings is 3. The van der Waals surface area contributed by atoms with Crippen molar-refractivity contribution in [2.75, 3.05) is 0 Å². The van der Waals surface area contributed by atoms with E-state index in [2.05, 4.69) is 22.8 Å². The summed E-state index contributed by atoms with van der Waals surface area (Å²) in [6.07, 6.45) is 0. The van der Waals surface area contributed by atoms with Crippen LogP contribution in [0.3, 0.4) is 0 Å². The van der Waals surface area contributed by atoms with Crippen molar-refractivity contribution < 1.29 is 14.3 Å². The third-order valence-corrected chi connectivity index (χ3v) is 4.22. The highest BCUT2D eigenvalue weighted by molar-refractivity contribution is 7.80. The third kappa shape index (κ3) is 5.88. The van der Waals surface area contributed by atoms with E-state index in [0.29, 0.717) is 12.2 Å². The Morgan fingerprint density at radius 1 is 0.862 bits per heavy atom. The summed E-state index contributed by atoms with van der Waals surface area (Å²) in [5.74, 6) is 0.282. The molecule has 3 amide bonds. The standard InChI is InChI=1S/C22H19N3O3S/c23-21(27)25-22(29)24-20(26)18-8-4-5-15(13-18)14-28-19-11-9-17(10-12-19)16-6-2-1-3-7-16/h1-13H,14H2,(H4,23,24,25,26,27,29). The molecule has 0 saturated carbocycles. The molecule has 6 nitrogen and oxygen atoms in total. The molecule has 0 heterocycles. The van der Waals surface area contributed by atoms with Crippen molar-refractivity contribution in [2.24, 2.45) is 5.73 Å². The first kappa shape index (κ1) is 20.0. The molecule has 0 fully saturated rings. The molecule has 29 heavy (non-hydrogen) atoms. The Morgan fingerprint density at radius 3 is 2.24 bits per heavy atom. The summed E-state index contributed by atoms with van der Waals surface area (Å²) in [4.78, 5) is 23.0. The number of urea groups is 1. The summed E-state index contributed by atoms with van der Waals surface area (Å²) >= 11 is 4.83. The van der Waals surface area contributed by atoms with Crippen molar-refractivity contribution in [3.05, 3.63) is 90.0 Å². The highest BCUT2D eigenvalue weighted by atomic mass is 32.1. The van der Waals surface area contributed by atoms with Gasteiger partial charge in [-0.2, -0.15) is 0 Å². The molecule has 0 radical (unpaired) electrons. The van der Waals surface area contributed by atoms with Gasteiger partial charge in [0.25, 0.3) is 5.91 Å². The molecule has 0 aliphatic heterocycles. The van der Waals surface area contributed by atoms with E-state index in [4.69, 9.17) is 22.7 Å². The maximum Gasteiger partial charge on any atom is 0.318 e. The molecule has 0 aromatic heterocycles. The van der Waals surface area contributed by atoms with Crippen LogP contribution in [0.25, 0.3) is 11.1 Å². The fourth-order valence-electron chi connectivity index (χ4n) is 2.66. The Kier molecular flexibility index (Phi) is 6.55. The van der Waals surface area contributed by atoms with Crippen LogP contribution in [0.5, 0.6) is 5.75 Å². The van der Waals surface area contributed by atoms with Gasteiger partial charge in [0.15, 0.2) is 5.11 Å². The minimum absolute atomic E-state index is 0.150. The van der Waals surface area contributed by atoms with Crippen LogP contribution in [0.1, 0.15) is 15.9 Å². The molecule has 146 valence electrons. The van der Waals surface area contributed by atoms with Crippen molar-refractivity contribution >= 4 is 29.3 Å². The van der Waals surface area contributed by atoms with Gasteiger partial charge in [0.2, 0.25) is 0 Å². The highest BCUT2D eigenvalue weighted by Crippen LogP contribution is 2.22. The van der Waals surface area contributed by atoms with E-state index in [0.717, 1.165) is 22.4 Å². The molecule has 0 atom stereocenters. The average Bonchev–Trinajstić information content (AvgIpc) is 2.73. The molecule has 0 aliphatic carbocycles. The zero-order valence-corrected chi connectivity index (χ0v) is 16.2. The van der Waals surface area contributed by atoms with Crippen molar-refractivity contribution in [3.8, 4) is 16.9 Å². The van der Waals surface area contributed by atoms with Gasteiger partial charge in [-0.3, -0.25) is 15.4 Å². The lowest BCUT2D eigenvalue weighted by Crippen LogP contribution is -2.44. The Morgan fingerprint density at radius 2 is 1.55 bits per heavy atom. The van der Waals surface area contributed by atoms with Crippen LogP contribution in [0.4, 0.5) is 4.79 Å². The first-order chi connectivity index (χ1) is 14.0. The maximum absolute atomic E-state index is 12.2. The molecule has 0 spiro atoms. The second kappa shape index (κ2) is 9.48. The first-order valence-corrected chi connectivity index (χ1v) is 9.21. The molecular weight excluding hydrogens is 386 g/mol. The monoisotopic (exact) mass is 405 g/mol. The second-order valence-electron chi connectivity index (χ2n) is 6.15. The van der Waals surface area contributed by atoms with Crippen LogP contribution in [-0.2, 0) is 6.61 Å². The minimum Gasteiger partial charge on any atom is -0.489 e. The van der Waals surface area contributed by atoms with E-state index in [9.17, 15) is 9.59 Å². The van der Waals surface area contributed by atoms with Gasteiger partial charge < -0.3 is 10.5 Å². The lowest BCUT2D eigenvalue weighted by atomic mass is 10.1. The highest BCUT2D eigenvalue weighted by Gasteiger charge is 2.09. The Bertz CT molecular complexity index is 1020. The lowest BCUT2D eigenvalue weighted by Gasteiger charge is -2.10. The second-order valence-corrected chi connectivity index (χ2v) is 6.56. The number of ether oxygens (including phenoxy) is 1. The molecule has 0 bridgehead atoms. The summed E-state index contributed by atoms with van der Waals surface area (Å²) in [5.41, 5.74) is 8.42. The van der Waals surface area contributed by atoms with E-state index < -0.39 is 11.9 Å². The van der Waals surface area contributed by atoms with Crippen molar-refractivity contribution in [3.63, 3.8) is 0 Å². The predicted octanol–water partition coefficient (Wildman–Crippen LogP) is 3.62. The molecule has 4 N–H and O–H groups in total. The van der Waals surface area contributed by atoms with Gasteiger partial charge in [0.1, 0.15) is 12.4 Å². The van der Waals surface area contributed by atoms with Crippen LogP contribution in [-0.4, -0.2) is 17.1 Å². The molecule has 0 saturated heterocycles. The van der Waals surface area contributed by atoms with E-state index in [1.165, 1.54) is 0 Å². The van der Waals surface area contributed by atoms with Crippen LogP contribution in [0.15, 0.2) is 78.9 Å². The van der Waals surface area contributed by atoms with Gasteiger partial charge in [-0.05, 0) is 53.2 Å². The number of nitrogens with two attached hydrogens (primary N) is 1. The van der Waals surface area contributed by atoms with Crippen LogP contribution < -0.4 is 21.1 Å². The topological polar surface area (TPSA) is 93.5 Å². The summed E-state index contributed by atoms with van der Waals surface area (Å²) in [5, 5.41) is 4.37. The molecule has 0 aliphatic rings. The number of primary amides is 1. The predicted molar refractivity (Wildman–Crippen MR) is 115 cm³/mol. The Balaban J connectivity index is 1.60. The quantitative estimate of drug-likeness (QED) is 0.565. The molecule has 3 rings (SSSR count). The number of nitrogens with one attached hydrogen (secondary N) is 2. The van der Waals surface area contributed by atoms with Crippen molar-refractivity contribution in [2.45, 2.75) is 6.61 Å². The van der Waals surface area contributed by atoms with E-state index in [1.54, 1.807) is 18.2 Å². The minimum atomic E-state index is -0.837. The number of carbonyl (C=O) groups excluding carboxylic acids is 2. The third-order valence-electron chi connectivity index (χ3n) is 4.02. The summed E-state index contributed by atoms with van der Waals surface area (Å²) in [6.45, 7) is 0.301. The molecule has 7 heteroatoms. The van der Waals surface area contributed by atoms with Gasteiger partial charge in [-0.25, -0.2) is 4.79 Å². The largest absolute Gasteiger partial charge is 0.489 e. The summed E-state index contributed by atoms with van der Waals surface area (Å²) in [6, 6.07) is 24.0. The summed E-state index contributed by atoms with van der Waals surface area (Å²) < 4.78 is 5.82. The lowest BCUT2D eigenvalue weighted by molar-refractivity contribution is 0.0977. The van der Waals surface area contributed by atoms with Gasteiger partial charge >= 0.3 is 6.03 Å². The van der Waals surface area contributed by atoms with Crippen molar-refractivity contribution in [1.29, 1.82) is 0 Å². The van der Waals surface area contributed by atoms with Gasteiger partial charge in [0.05, 0.1) is 0 Å². The molecule has 0 unspecified atom stereocenters. The SMILES string of the molecule is NC(=O)NC(=S)NC(=O)c1cccc(COc2ccc(-c3ccccc3)cc2)c1. The molecule has 3 aromatic carbocycles. The van der Waals surface area contributed by atoms with Crippen LogP contribution in [0.2, 0.25) is 0 Å². The normalized spacial score (nSPS) is 10.1. The van der Waals surface area contributed by atoms with E-state index >= 15 is 0 Å². The first-order valence-electron chi connectivity index (χ1n) is 8.80. The fourth-order valence-corrected chi connectivity index (χ4v) is 2.85. The number of rotatable bonds is 5. The van der Waals surface area contributed by atoms with Gasteiger partial charge in [0, 0.05) is 5.56 Å². The number of hydrogen-bond acceptors (Lipinski definition) is 4. The van der Waals surface area contributed by atoms with Crippen LogP contribution >= 0.6 is 12.2 Å². The van der Waals surface area contributed by atoms with E-state index in [1.807, 2.05) is 48.5 Å². The van der Waals surface area contributed by atoms with E-state index in [-0.39, 0.29) is 5.11 Å². The zero-order chi connectivity index (χ0) is 20.6. The van der Waals surface area contributed by atoms with Crippen LogP contribution in [0, 0.1) is 0 Å². The summed E-state index contributed by atoms with van der Waals surface area (Å²) in [7, 11) is 0. The van der Waals surface area contributed by atoms with Gasteiger partial charge in [-0.1, -0.05) is 54.6 Å². The number of thiocarbonyl (C=S) groups is 1. The number of amides is 3. The zero-order valence-electron chi connectivity index (χ0n) is 15.4. The van der Waals surface area contributed by atoms with Gasteiger partial charge in [-0.15, -0.1) is 0 Å². The maximum atomic E-state index is 12.2. The fraction of sp³-hybridized carbons (Fsp3) is 0.0455. The average molecular weight is 405 g/mol. The Labute approximate surface area is 173 Å². The van der Waals surface area contributed by atoms with Crippen molar-refractivity contribution in [1.82, 2.24) is 10.6 Å². The number of hydrogen-bond donors (Lipinski definition) is 3. The number of carbonyl (C=O) groups is 2. The molecular formula is C22H19N3O3S. The Hall–Kier alpha value is -3.71.